The SMILES string of the molecule is COc1ccc(N2CCCC2)cc1Oc1c(F)cc(C(F)(F)F)cc1F. The summed E-state index contributed by atoms with van der Waals surface area (Å²) in [5.41, 5.74) is -0.635. The lowest BCUT2D eigenvalue weighted by molar-refractivity contribution is -0.138. The molecule has 0 unspecified atom stereocenters. The summed E-state index contributed by atoms with van der Waals surface area (Å²) in [4.78, 5) is 2.08. The van der Waals surface area contributed by atoms with Gasteiger partial charge < -0.3 is 14.4 Å². The molecular weight excluding hydrogens is 357 g/mol. The van der Waals surface area contributed by atoms with Gasteiger partial charge >= 0.3 is 6.18 Å². The molecule has 0 saturated carbocycles. The second-order valence-corrected chi connectivity index (χ2v) is 5.90. The number of halogens is 5. The van der Waals surface area contributed by atoms with Gasteiger partial charge in [-0.3, -0.25) is 0 Å². The highest BCUT2D eigenvalue weighted by molar-refractivity contribution is 5.58. The van der Waals surface area contributed by atoms with Crippen LogP contribution in [0.4, 0.5) is 27.6 Å². The number of rotatable bonds is 4. The van der Waals surface area contributed by atoms with Crippen molar-refractivity contribution in [1.29, 1.82) is 0 Å². The lowest BCUT2D eigenvalue weighted by atomic mass is 10.2. The average molecular weight is 373 g/mol. The van der Waals surface area contributed by atoms with E-state index in [1.807, 2.05) is 0 Å². The maximum absolute atomic E-state index is 14.0. The Morgan fingerprint density at radius 3 is 2.08 bits per heavy atom. The number of hydrogen-bond acceptors (Lipinski definition) is 3. The molecule has 2 aromatic rings. The molecule has 0 aromatic heterocycles. The van der Waals surface area contributed by atoms with Crippen LogP contribution in [0.5, 0.6) is 17.2 Å². The van der Waals surface area contributed by atoms with Crippen molar-refractivity contribution in [1.82, 2.24) is 0 Å². The molecule has 0 atom stereocenters. The van der Waals surface area contributed by atoms with Crippen molar-refractivity contribution in [2.45, 2.75) is 19.0 Å². The molecule has 1 aliphatic rings. The van der Waals surface area contributed by atoms with E-state index in [1.54, 1.807) is 18.2 Å². The molecular formula is C18H16F5NO2. The van der Waals surface area contributed by atoms with Crippen molar-refractivity contribution in [2.24, 2.45) is 0 Å². The van der Waals surface area contributed by atoms with Gasteiger partial charge in [-0.1, -0.05) is 0 Å². The highest BCUT2D eigenvalue weighted by atomic mass is 19.4. The molecule has 0 amide bonds. The summed E-state index contributed by atoms with van der Waals surface area (Å²) >= 11 is 0. The molecule has 3 nitrogen and oxygen atoms in total. The van der Waals surface area contributed by atoms with E-state index in [4.69, 9.17) is 9.47 Å². The largest absolute Gasteiger partial charge is 0.493 e. The zero-order valence-corrected chi connectivity index (χ0v) is 13.9. The predicted molar refractivity (Wildman–Crippen MR) is 85.9 cm³/mol. The van der Waals surface area contributed by atoms with Crippen LogP contribution < -0.4 is 14.4 Å². The molecule has 1 saturated heterocycles. The third-order valence-corrected chi connectivity index (χ3v) is 4.16. The van der Waals surface area contributed by atoms with Gasteiger partial charge in [0, 0.05) is 24.8 Å². The molecule has 0 N–H and O–H groups in total. The van der Waals surface area contributed by atoms with Gasteiger partial charge in [0.2, 0.25) is 0 Å². The number of methoxy groups -OCH3 is 1. The van der Waals surface area contributed by atoms with E-state index in [1.165, 1.54) is 7.11 Å². The van der Waals surface area contributed by atoms with Gasteiger partial charge in [0.05, 0.1) is 12.7 Å². The summed E-state index contributed by atoms with van der Waals surface area (Å²) in [5.74, 6) is -3.55. The fourth-order valence-electron chi connectivity index (χ4n) is 2.85. The zero-order valence-electron chi connectivity index (χ0n) is 13.9. The minimum absolute atomic E-state index is 0.0226. The summed E-state index contributed by atoms with van der Waals surface area (Å²) in [6.07, 6.45) is -2.79. The summed E-state index contributed by atoms with van der Waals surface area (Å²) in [5, 5.41) is 0. The Morgan fingerprint density at radius 2 is 1.54 bits per heavy atom. The van der Waals surface area contributed by atoms with E-state index < -0.39 is 29.1 Å². The van der Waals surface area contributed by atoms with Crippen molar-refractivity contribution in [2.75, 3.05) is 25.1 Å². The summed E-state index contributed by atoms with van der Waals surface area (Å²) in [6.45, 7) is 1.68. The molecule has 8 heteroatoms. The number of hydrogen-bond donors (Lipinski definition) is 0. The molecule has 3 rings (SSSR count). The first-order valence-corrected chi connectivity index (χ1v) is 7.96. The van der Waals surface area contributed by atoms with Gasteiger partial charge in [-0.2, -0.15) is 13.2 Å². The molecule has 0 bridgehead atoms. The third-order valence-electron chi connectivity index (χ3n) is 4.16. The summed E-state index contributed by atoms with van der Waals surface area (Å²) < 4.78 is 76.4. The van der Waals surface area contributed by atoms with Gasteiger partial charge in [-0.25, -0.2) is 8.78 Å². The Balaban J connectivity index is 1.96. The topological polar surface area (TPSA) is 21.7 Å². The number of anilines is 1. The first kappa shape index (κ1) is 18.3. The monoisotopic (exact) mass is 373 g/mol. The van der Waals surface area contributed by atoms with Gasteiger partial charge in [0.15, 0.2) is 28.9 Å². The number of nitrogens with zero attached hydrogens (tertiary/aromatic N) is 1. The first-order valence-electron chi connectivity index (χ1n) is 7.96. The lowest BCUT2D eigenvalue weighted by Gasteiger charge is -2.20. The minimum Gasteiger partial charge on any atom is -0.493 e. The zero-order chi connectivity index (χ0) is 18.9. The third kappa shape index (κ3) is 3.68. The van der Waals surface area contributed by atoms with Gasteiger partial charge in [-0.15, -0.1) is 0 Å². The van der Waals surface area contributed by atoms with Crippen molar-refractivity contribution in [3.05, 3.63) is 47.5 Å². The second-order valence-electron chi connectivity index (χ2n) is 5.90. The van der Waals surface area contributed by atoms with Crippen LogP contribution in [0.3, 0.4) is 0 Å². The highest BCUT2D eigenvalue weighted by Gasteiger charge is 2.33. The van der Waals surface area contributed by atoms with E-state index in [0.29, 0.717) is 0 Å². The van der Waals surface area contributed by atoms with Crippen molar-refractivity contribution in [3.63, 3.8) is 0 Å². The average Bonchev–Trinajstić information content (AvgIpc) is 3.11. The molecule has 0 aliphatic carbocycles. The van der Waals surface area contributed by atoms with Crippen molar-refractivity contribution in [3.8, 4) is 17.2 Å². The van der Waals surface area contributed by atoms with Crippen LogP contribution in [0.15, 0.2) is 30.3 Å². The molecule has 26 heavy (non-hydrogen) atoms. The van der Waals surface area contributed by atoms with Crippen LogP contribution in [-0.4, -0.2) is 20.2 Å². The van der Waals surface area contributed by atoms with Crippen molar-refractivity contribution >= 4 is 5.69 Å². The van der Waals surface area contributed by atoms with E-state index >= 15 is 0 Å². The van der Waals surface area contributed by atoms with E-state index in [-0.39, 0.29) is 23.6 Å². The molecule has 0 spiro atoms. The van der Waals surface area contributed by atoms with Gasteiger partial charge in [0.25, 0.3) is 0 Å². The standard InChI is InChI=1S/C18H16F5NO2/c1-25-15-5-4-12(24-6-2-3-7-24)10-16(15)26-17-13(19)8-11(9-14(17)20)18(21,22)23/h4-5,8-10H,2-3,6-7H2,1H3. The Hall–Kier alpha value is -2.51. The van der Waals surface area contributed by atoms with Crippen LogP contribution in [0.25, 0.3) is 0 Å². The van der Waals surface area contributed by atoms with Crippen LogP contribution in [-0.2, 0) is 6.18 Å². The summed E-state index contributed by atoms with van der Waals surface area (Å²) in [7, 11) is 1.36. The van der Waals surface area contributed by atoms with Crippen LogP contribution in [0.2, 0.25) is 0 Å². The molecule has 0 radical (unpaired) electrons. The molecule has 140 valence electrons. The molecule has 1 fully saturated rings. The quantitative estimate of drug-likeness (QED) is 0.671. The smallest absolute Gasteiger partial charge is 0.416 e. The minimum atomic E-state index is -4.85. The van der Waals surface area contributed by atoms with Crippen LogP contribution in [0, 0.1) is 11.6 Å². The number of ether oxygens (including phenoxy) is 2. The summed E-state index contributed by atoms with van der Waals surface area (Å²) in [6, 6.07) is 5.34. The van der Waals surface area contributed by atoms with Gasteiger partial charge in [-0.05, 0) is 37.1 Å². The van der Waals surface area contributed by atoms with Gasteiger partial charge in [0.1, 0.15) is 0 Å². The van der Waals surface area contributed by atoms with Crippen molar-refractivity contribution < 1.29 is 31.4 Å². The normalized spacial score (nSPS) is 14.6. The lowest BCUT2D eigenvalue weighted by Crippen LogP contribution is -2.17. The molecule has 1 aliphatic heterocycles. The maximum Gasteiger partial charge on any atom is 0.416 e. The Labute approximate surface area is 146 Å². The molecule has 2 aromatic carbocycles. The predicted octanol–water partition coefficient (Wildman–Crippen LogP) is 5.38. The first-order chi connectivity index (χ1) is 12.3. The van der Waals surface area contributed by atoms with Crippen LogP contribution in [0.1, 0.15) is 18.4 Å². The Bertz CT molecular complexity index is 778. The van der Waals surface area contributed by atoms with E-state index in [2.05, 4.69) is 4.90 Å². The van der Waals surface area contributed by atoms with Crippen LogP contribution >= 0.6 is 0 Å². The highest BCUT2D eigenvalue weighted by Crippen LogP contribution is 2.39. The fourth-order valence-corrected chi connectivity index (χ4v) is 2.85. The maximum atomic E-state index is 14.0. The number of benzene rings is 2. The Morgan fingerprint density at radius 1 is 0.923 bits per heavy atom. The van der Waals surface area contributed by atoms with E-state index in [9.17, 15) is 22.0 Å². The molecule has 1 heterocycles. The number of alkyl halides is 3. The van der Waals surface area contributed by atoms with E-state index in [0.717, 1.165) is 31.6 Å². The fraction of sp³-hybridized carbons (Fsp3) is 0.333. The second kappa shape index (κ2) is 7.01. The Kier molecular flexibility index (Phi) is 4.93.